The lowest BCUT2D eigenvalue weighted by Crippen LogP contribution is -2.30. The van der Waals surface area contributed by atoms with Gasteiger partial charge in [-0.05, 0) is 29.3 Å². The topological polar surface area (TPSA) is 42.0 Å². The predicted molar refractivity (Wildman–Crippen MR) is 56.1 cm³/mol. The van der Waals surface area contributed by atoms with E-state index in [1.807, 2.05) is 13.8 Å². The Balaban J connectivity index is 2.56. The van der Waals surface area contributed by atoms with Gasteiger partial charge in [0, 0.05) is 0 Å². The Morgan fingerprint density at radius 2 is 2.38 bits per heavy atom. The summed E-state index contributed by atoms with van der Waals surface area (Å²) in [5.74, 6) is 0.0660. The summed E-state index contributed by atoms with van der Waals surface area (Å²) in [7, 11) is 0. The van der Waals surface area contributed by atoms with Crippen LogP contribution in [-0.4, -0.2) is 10.9 Å². The summed E-state index contributed by atoms with van der Waals surface area (Å²) in [6.45, 7) is 3.93. The van der Waals surface area contributed by atoms with Crippen LogP contribution in [0.25, 0.3) is 0 Å². The molecule has 0 radical (unpaired) electrons. The molecule has 70 valence electrons. The molecule has 1 aromatic heterocycles. The fourth-order valence-electron chi connectivity index (χ4n) is 1.43. The van der Waals surface area contributed by atoms with E-state index in [1.54, 1.807) is 0 Å². The van der Waals surface area contributed by atoms with Gasteiger partial charge >= 0.3 is 0 Å². The van der Waals surface area contributed by atoms with Crippen molar-refractivity contribution >= 4 is 38.2 Å². The molecule has 1 unspecified atom stereocenters. The number of amides is 1. The number of nitrogens with one attached hydrogen (secondary N) is 1. The van der Waals surface area contributed by atoms with E-state index >= 15 is 0 Å². The van der Waals surface area contributed by atoms with Crippen molar-refractivity contribution in [3.05, 3.63) is 9.61 Å². The van der Waals surface area contributed by atoms with Crippen LogP contribution < -0.4 is 5.32 Å². The molecule has 2 rings (SSSR count). The van der Waals surface area contributed by atoms with Gasteiger partial charge in [0.25, 0.3) is 0 Å². The Hall–Kier alpha value is -0.420. The summed E-state index contributed by atoms with van der Waals surface area (Å²) in [4.78, 5) is 15.9. The van der Waals surface area contributed by atoms with E-state index in [1.165, 1.54) is 11.3 Å². The van der Waals surface area contributed by atoms with Crippen molar-refractivity contribution in [2.24, 2.45) is 0 Å². The van der Waals surface area contributed by atoms with Crippen molar-refractivity contribution < 1.29 is 4.79 Å². The number of anilines is 1. The maximum atomic E-state index is 11.6. The van der Waals surface area contributed by atoms with Gasteiger partial charge in [-0.2, -0.15) is 0 Å². The molecule has 0 aromatic carbocycles. The van der Waals surface area contributed by atoms with E-state index in [0.29, 0.717) is 0 Å². The fourth-order valence-corrected chi connectivity index (χ4v) is 2.91. The highest BCUT2D eigenvalue weighted by Gasteiger charge is 2.44. The average Bonchev–Trinajstić information content (AvgIpc) is 2.53. The first-order chi connectivity index (χ1) is 6.08. The third kappa shape index (κ3) is 1.14. The van der Waals surface area contributed by atoms with Gasteiger partial charge in [-0.25, -0.2) is 4.98 Å². The Kier molecular flexibility index (Phi) is 1.96. The number of aromatic nitrogens is 1. The zero-order chi connectivity index (χ0) is 9.64. The highest BCUT2D eigenvalue weighted by molar-refractivity contribution is 9.11. The maximum Gasteiger partial charge on any atom is 0.237 e. The van der Waals surface area contributed by atoms with Crippen LogP contribution in [0.2, 0.25) is 0 Å². The monoisotopic (exact) mass is 260 g/mol. The Morgan fingerprint density at radius 1 is 1.69 bits per heavy atom. The lowest BCUT2D eigenvalue weighted by Gasteiger charge is -2.16. The van der Waals surface area contributed by atoms with Crippen molar-refractivity contribution in [1.82, 2.24) is 4.98 Å². The Labute approximate surface area is 88.7 Å². The summed E-state index contributed by atoms with van der Waals surface area (Å²) in [6.07, 6.45) is 0.780. The molecule has 0 fully saturated rings. The summed E-state index contributed by atoms with van der Waals surface area (Å²) in [5.41, 5.74) is 0.453. The first kappa shape index (κ1) is 9.15. The number of rotatable bonds is 1. The van der Waals surface area contributed by atoms with Crippen LogP contribution in [0, 0.1) is 0 Å². The second-order valence-corrected chi connectivity index (χ2v) is 5.56. The molecular weight excluding hydrogens is 252 g/mol. The van der Waals surface area contributed by atoms with Gasteiger partial charge < -0.3 is 5.32 Å². The van der Waals surface area contributed by atoms with Crippen molar-refractivity contribution in [2.75, 3.05) is 5.32 Å². The molecule has 1 aliphatic heterocycles. The minimum atomic E-state index is -0.433. The Morgan fingerprint density at radius 3 is 3.00 bits per heavy atom. The summed E-state index contributed by atoms with van der Waals surface area (Å²) in [6, 6.07) is 0. The van der Waals surface area contributed by atoms with Crippen LogP contribution in [0.1, 0.15) is 26.0 Å². The number of hydrogen-bond donors (Lipinski definition) is 1. The third-order valence-electron chi connectivity index (χ3n) is 2.56. The highest BCUT2D eigenvalue weighted by Crippen LogP contribution is 2.43. The zero-order valence-electron chi connectivity index (χ0n) is 7.35. The number of carbonyl (C=O) groups excluding carboxylic acids is 1. The molecular formula is C8H9BrN2OS. The number of hydrogen-bond acceptors (Lipinski definition) is 3. The smallest absolute Gasteiger partial charge is 0.237 e. The van der Waals surface area contributed by atoms with Crippen molar-refractivity contribution in [1.29, 1.82) is 0 Å². The van der Waals surface area contributed by atoms with Crippen molar-refractivity contribution in [3.63, 3.8) is 0 Å². The molecule has 0 saturated heterocycles. The van der Waals surface area contributed by atoms with E-state index in [0.717, 1.165) is 21.0 Å². The van der Waals surface area contributed by atoms with Gasteiger partial charge in [-0.3, -0.25) is 4.79 Å². The summed E-state index contributed by atoms with van der Waals surface area (Å²) < 4.78 is 0.831. The van der Waals surface area contributed by atoms with Crippen molar-refractivity contribution in [2.45, 2.75) is 25.7 Å². The first-order valence-electron chi connectivity index (χ1n) is 4.06. The normalized spacial score (nSPS) is 25.9. The fraction of sp³-hybridized carbons (Fsp3) is 0.500. The molecule has 1 atom stereocenters. The standard InChI is InChI=1S/C8H9BrN2OS/c1-3-8(2)4-5(11-6(8)12)13-7(9)10-4/h3H2,1-2H3,(H,11,12). The zero-order valence-corrected chi connectivity index (χ0v) is 9.75. The number of halogens is 1. The van der Waals surface area contributed by atoms with Crippen LogP contribution >= 0.6 is 27.3 Å². The van der Waals surface area contributed by atoms with E-state index in [4.69, 9.17) is 0 Å². The molecule has 1 aromatic rings. The van der Waals surface area contributed by atoms with E-state index < -0.39 is 5.41 Å². The second kappa shape index (κ2) is 2.78. The highest BCUT2D eigenvalue weighted by atomic mass is 79.9. The van der Waals surface area contributed by atoms with Crippen molar-refractivity contribution in [3.8, 4) is 0 Å². The first-order valence-corrected chi connectivity index (χ1v) is 5.67. The van der Waals surface area contributed by atoms with Crippen LogP contribution in [-0.2, 0) is 10.2 Å². The molecule has 1 N–H and O–H groups in total. The summed E-state index contributed by atoms with van der Waals surface area (Å²) in [5, 5.41) is 3.74. The van der Waals surface area contributed by atoms with E-state index in [9.17, 15) is 4.79 Å². The number of thiazole rings is 1. The van der Waals surface area contributed by atoms with Gasteiger partial charge in [-0.1, -0.05) is 18.3 Å². The van der Waals surface area contributed by atoms with Gasteiger partial charge in [0.1, 0.15) is 5.00 Å². The van der Waals surface area contributed by atoms with Gasteiger partial charge in [-0.15, -0.1) is 0 Å². The van der Waals surface area contributed by atoms with Gasteiger partial charge in [0.15, 0.2) is 3.92 Å². The molecule has 1 aliphatic rings. The molecule has 2 heterocycles. The molecule has 13 heavy (non-hydrogen) atoms. The number of carbonyl (C=O) groups is 1. The molecule has 0 saturated carbocycles. The molecule has 5 heteroatoms. The van der Waals surface area contributed by atoms with Crippen LogP contribution in [0.3, 0.4) is 0 Å². The Bertz CT molecular complexity index is 376. The van der Waals surface area contributed by atoms with E-state index in [2.05, 4.69) is 26.2 Å². The largest absolute Gasteiger partial charge is 0.315 e. The van der Waals surface area contributed by atoms with Crippen LogP contribution in [0.5, 0.6) is 0 Å². The minimum Gasteiger partial charge on any atom is -0.315 e. The number of fused-ring (bicyclic) bond motifs is 1. The average molecular weight is 261 g/mol. The van der Waals surface area contributed by atoms with Gasteiger partial charge in [0.2, 0.25) is 5.91 Å². The predicted octanol–water partition coefficient (Wildman–Crippen LogP) is 2.53. The number of nitrogens with zero attached hydrogens (tertiary/aromatic N) is 1. The maximum absolute atomic E-state index is 11.6. The molecule has 0 spiro atoms. The molecule has 3 nitrogen and oxygen atoms in total. The quantitative estimate of drug-likeness (QED) is 0.844. The molecule has 0 aliphatic carbocycles. The lowest BCUT2D eigenvalue weighted by atomic mass is 9.86. The van der Waals surface area contributed by atoms with E-state index in [-0.39, 0.29) is 5.91 Å². The molecule has 0 bridgehead atoms. The lowest BCUT2D eigenvalue weighted by molar-refractivity contribution is -0.120. The third-order valence-corrected chi connectivity index (χ3v) is 3.98. The second-order valence-electron chi connectivity index (χ2n) is 3.28. The van der Waals surface area contributed by atoms with Crippen LogP contribution in [0.15, 0.2) is 3.92 Å². The minimum absolute atomic E-state index is 0.0660. The molecule has 1 amide bonds. The summed E-state index contributed by atoms with van der Waals surface area (Å²) >= 11 is 4.79. The van der Waals surface area contributed by atoms with Gasteiger partial charge in [0.05, 0.1) is 11.1 Å². The SMILES string of the molecule is CCC1(C)C(=O)Nc2sc(Br)nc21. The van der Waals surface area contributed by atoms with Crippen LogP contribution in [0.4, 0.5) is 5.00 Å².